The van der Waals surface area contributed by atoms with Crippen LogP contribution in [-0.2, 0) is 62.0 Å². The van der Waals surface area contributed by atoms with Crippen LogP contribution in [-0.4, -0.2) is 107 Å². The largest absolute Gasteiger partial charge is 0.469 e. The lowest BCUT2D eigenvalue weighted by Crippen LogP contribution is -2.42. The molecule has 0 bridgehead atoms. The van der Waals surface area contributed by atoms with Gasteiger partial charge in [-0.1, -0.05) is 21.3 Å². The Morgan fingerprint density at radius 2 is 1.02 bits per heavy atom. The number of likely N-dealkylation sites (tertiary alicyclic amines) is 1. The van der Waals surface area contributed by atoms with Gasteiger partial charge in [0.15, 0.2) is 0 Å². The van der Waals surface area contributed by atoms with Crippen LogP contribution in [0.3, 0.4) is 0 Å². The van der Waals surface area contributed by atoms with Crippen LogP contribution in [0.4, 0.5) is 4.79 Å². The van der Waals surface area contributed by atoms with E-state index in [-0.39, 0.29) is 86.2 Å². The fourth-order valence-corrected chi connectivity index (χ4v) is 5.93. The van der Waals surface area contributed by atoms with Gasteiger partial charge in [0.05, 0.1) is 40.3 Å². The molecule has 2 fully saturated rings. The summed E-state index contributed by atoms with van der Waals surface area (Å²) in [4.78, 5) is 93.1. The molecule has 0 aliphatic carbocycles. The van der Waals surface area contributed by atoms with Crippen LogP contribution >= 0.6 is 0 Å². The normalized spacial score (nSPS) is 16.4. The van der Waals surface area contributed by atoms with Crippen LogP contribution in [0, 0.1) is 35.5 Å². The van der Waals surface area contributed by atoms with E-state index in [2.05, 4.69) is 5.32 Å². The highest BCUT2D eigenvalue weighted by molar-refractivity contribution is 5.75. The number of esters is 4. The SMILES string of the molecule is C.COC(=O)CC(CC1CCN(C(=O)OC(C)(C)C)CC1)C(C)C(=O)OC.COC(=O)CC(CC1CCNCC1)C(C)C(=O)OC.O=C=O.O=C=O. The molecule has 0 aromatic carbocycles. The first-order valence-corrected chi connectivity index (χ1v) is 16.9. The Morgan fingerprint density at radius 1 is 0.673 bits per heavy atom. The van der Waals surface area contributed by atoms with Gasteiger partial charge in [0.1, 0.15) is 5.60 Å². The zero-order valence-electron chi connectivity index (χ0n) is 31.6. The number of nitrogens with zero attached hydrogens (tertiary/aromatic N) is 1. The van der Waals surface area contributed by atoms with E-state index in [4.69, 9.17) is 42.9 Å². The minimum Gasteiger partial charge on any atom is -0.469 e. The molecule has 0 saturated carbocycles. The molecule has 4 unspecified atom stereocenters. The predicted molar refractivity (Wildman–Crippen MR) is 185 cm³/mol. The van der Waals surface area contributed by atoms with Crippen molar-refractivity contribution in [3.8, 4) is 0 Å². The second-order valence-corrected chi connectivity index (χ2v) is 13.4. The average molecular weight is 747 g/mol. The number of rotatable bonds is 12. The molecule has 1 N–H and O–H groups in total. The molecule has 16 nitrogen and oxygen atoms in total. The summed E-state index contributed by atoms with van der Waals surface area (Å²) >= 11 is 0. The maximum atomic E-state index is 12.1. The third-order valence-corrected chi connectivity index (χ3v) is 8.87. The van der Waals surface area contributed by atoms with Crippen LogP contribution in [0.15, 0.2) is 0 Å². The molecule has 2 aliphatic rings. The highest BCUT2D eigenvalue weighted by atomic mass is 16.6. The summed E-state index contributed by atoms with van der Waals surface area (Å²) in [7, 11) is 5.47. The van der Waals surface area contributed by atoms with Crippen LogP contribution in [0.2, 0.25) is 0 Å². The van der Waals surface area contributed by atoms with Crippen molar-refractivity contribution in [2.45, 2.75) is 99.0 Å². The molecule has 0 radical (unpaired) electrons. The van der Waals surface area contributed by atoms with Gasteiger partial charge in [0.2, 0.25) is 0 Å². The first-order chi connectivity index (χ1) is 24.0. The van der Waals surface area contributed by atoms with E-state index in [0.29, 0.717) is 24.9 Å². The van der Waals surface area contributed by atoms with Crippen molar-refractivity contribution < 1.29 is 66.8 Å². The van der Waals surface area contributed by atoms with Crippen molar-refractivity contribution in [2.75, 3.05) is 54.6 Å². The number of nitrogens with one attached hydrogen (secondary N) is 1. The lowest BCUT2D eigenvalue weighted by Gasteiger charge is -2.35. The van der Waals surface area contributed by atoms with Gasteiger partial charge < -0.3 is 33.9 Å². The number of piperidine rings is 2. The van der Waals surface area contributed by atoms with Crippen LogP contribution < -0.4 is 5.32 Å². The topological polar surface area (TPSA) is 215 Å². The van der Waals surface area contributed by atoms with Crippen molar-refractivity contribution >= 4 is 42.3 Å². The Labute approximate surface area is 308 Å². The van der Waals surface area contributed by atoms with Crippen molar-refractivity contribution in [3.05, 3.63) is 0 Å². The number of hydrogen-bond donors (Lipinski definition) is 1. The van der Waals surface area contributed by atoms with E-state index < -0.39 is 5.60 Å². The molecule has 0 spiro atoms. The third-order valence-electron chi connectivity index (χ3n) is 8.87. The molecule has 2 heterocycles. The molecule has 300 valence electrons. The Bertz CT molecular complexity index is 1100. The van der Waals surface area contributed by atoms with E-state index in [0.717, 1.165) is 51.6 Å². The zero-order chi connectivity index (χ0) is 39.6. The number of hydrogen-bond acceptors (Lipinski definition) is 15. The summed E-state index contributed by atoms with van der Waals surface area (Å²) in [5.74, 6) is -0.990. The summed E-state index contributed by atoms with van der Waals surface area (Å²) < 4.78 is 24.5. The molecule has 4 atom stereocenters. The van der Waals surface area contributed by atoms with Crippen molar-refractivity contribution in [1.82, 2.24) is 10.2 Å². The highest BCUT2D eigenvalue weighted by Crippen LogP contribution is 2.32. The Kier molecular flexibility index (Phi) is 29.6. The lowest BCUT2D eigenvalue weighted by molar-refractivity contribution is -0.193. The molecule has 2 aliphatic heterocycles. The van der Waals surface area contributed by atoms with Crippen molar-refractivity contribution in [2.24, 2.45) is 35.5 Å². The third kappa shape index (κ3) is 23.4. The van der Waals surface area contributed by atoms with E-state index in [9.17, 15) is 24.0 Å². The van der Waals surface area contributed by atoms with E-state index in [1.807, 2.05) is 27.7 Å². The Morgan fingerprint density at radius 3 is 1.33 bits per heavy atom. The number of methoxy groups -OCH3 is 4. The predicted octanol–water partition coefficient (Wildman–Crippen LogP) is 3.85. The fourth-order valence-electron chi connectivity index (χ4n) is 5.93. The summed E-state index contributed by atoms with van der Waals surface area (Å²) in [5.41, 5.74) is -0.504. The molecular formula is C36H62N2O14. The summed E-state index contributed by atoms with van der Waals surface area (Å²) in [6, 6.07) is 0. The van der Waals surface area contributed by atoms with Gasteiger partial charge in [-0.3, -0.25) is 19.2 Å². The van der Waals surface area contributed by atoms with Crippen molar-refractivity contribution in [3.63, 3.8) is 0 Å². The minimum absolute atomic E-state index is 0. The first kappa shape index (κ1) is 52.2. The number of carbonyl (C=O) groups is 5. The van der Waals surface area contributed by atoms with Crippen molar-refractivity contribution in [1.29, 1.82) is 0 Å². The van der Waals surface area contributed by atoms with Gasteiger partial charge in [0.25, 0.3) is 0 Å². The molecule has 0 aromatic rings. The quantitative estimate of drug-likeness (QED) is 0.222. The maximum absolute atomic E-state index is 12.1. The second-order valence-electron chi connectivity index (χ2n) is 13.4. The maximum Gasteiger partial charge on any atom is 0.410 e. The van der Waals surface area contributed by atoms with E-state index >= 15 is 0 Å². The Balaban J connectivity index is -0.000000812. The van der Waals surface area contributed by atoms with Gasteiger partial charge in [-0.05, 0) is 96.1 Å². The summed E-state index contributed by atoms with van der Waals surface area (Å²) in [6.07, 6.45) is 6.16. The smallest absolute Gasteiger partial charge is 0.410 e. The summed E-state index contributed by atoms with van der Waals surface area (Å²) in [6.45, 7) is 12.4. The number of amides is 1. The van der Waals surface area contributed by atoms with Crippen LogP contribution in [0.5, 0.6) is 0 Å². The van der Waals surface area contributed by atoms with Crippen LogP contribution in [0.1, 0.15) is 93.4 Å². The standard InChI is InChI=1S/C19H33NO6.C14H25NO4.2CO2.CH4/c1-13(17(22)25-6)15(12-16(21)24-5)11-14-7-9-20(10-8-14)18(23)26-19(2,3)4;1-10(14(17)19-3)12(9-13(16)18-2)8-11-4-6-15-7-5-11;2*2-1-3;/h13-15H,7-12H2,1-6H3;10-12,15H,4-9H2,1-3H3;;;1H4. The van der Waals surface area contributed by atoms with Gasteiger partial charge >= 0.3 is 42.3 Å². The van der Waals surface area contributed by atoms with Crippen LogP contribution in [0.25, 0.3) is 0 Å². The minimum atomic E-state index is -0.504. The summed E-state index contributed by atoms with van der Waals surface area (Å²) in [5, 5.41) is 3.32. The van der Waals surface area contributed by atoms with E-state index in [1.165, 1.54) is 28.4 Å². The Hall–Kier alpha value is -4.13. The van der Waals surface area contributed by atoms with Gasteiger partial charge in [0, 0.05) is 25.9 Å². The molecule has 52 heavy (non-hydrogen) atoms. The molecule has 2 rings (SSSR count). The number of carbonyl (C=O) groups excluding carboxylic acids is 9. The average Bonchev–Trinajstić information content (AvgIpc) is 3.10. The monoisotopic (exact) mass is 746 g/mol. The van der Waals surface area contributed by atoms with E-state index in [1.54, 1.807) is 11.8 Å². The van der Waals surface area contributed by atoms with Gasteiger partial charge in [-0.25, -0.2) is 4.79 Å². The molecule has 16 heteroatoms. The van der Waals surface area contributed by atoms with Gasteiger partial charge in [-0.15, -0.1) is 0 Å². The lowest BCUT2D eigenvalue weighted by atomic mass is 9.80. The molecule has 0 aromatic heterocycles. The fraction of sp³-hybridized carbons (Fsp3) is 0.806. The molecule has 2 saturated heterocycles. The highest BCUT2D eigenvalue weighted by Gasteiger charge is 2.33. The first-order valence-electron chi connectivity index (χ1n) is 16.9. The second kappa shape index (κ2) is 29.4. The molecular weight excluding hydrogens is 684 g/mol. The zero-order valence-corrected chi connectivity index (χ0v) is 31.6. The van der Waals surface area contributed by atoms with Gasteiger partial charge in [-0.2, -0.15) is 19.2 Å². The molecule has 1 amide bonds. The number of ether oxygens (including phenoxy) is 5.